The molecule has 0 saturated carbocycles. The molecule has 3 nitrogen and oxygen atoms in total. The zero-order valence-corrected chi connectivity index (χ0v) is 15.6. The maximum absolute atomic E-state index is 5.96. The minimum atomic E-state index is -0.203. The Morgan fingerprint density at radius 3 is 2.05 bits per heavy atom. The molecular weight excluding hydrogens is 339 g/mol. The Kier molecular flexibility index (Phi) is 6.20. The van der Waals surface area contributed by atoms with Crippen molar-refractivity contribution in [2.75, 3.05) is 14.2 Å². The van der Waals surface area contributed by atoms with E-state index in [2.05, 4.69) is 26.0 Å². The summed E-state index contributed by atoms with van der Waals surface area (Å²) >= 11 is -0.203. The van der Waals surface area contributed by atoms with Gasteiger partial charge in [0.25, 0.3) is 0 Å². The van der Waals surface area contributed by atoms with Crippen LogP contribution in [0, 0.1) is 0 Å². The third kappa shape index (κ3) is 4.44. The molecule has 1 atom stereocenters. The van der Waals surface area contributed by atoms with Gasteiger partial charge in [-0.1, -0.05) is 0 Å². The zero-order valence-electron chi connectivity index (χ0n) is 13.6. The van der Waals surface area contributed by atoms with Crippen LogP contribution in [0.3, 0.4) is 0 Å². The Bertz CT molecular complexity index is 572. The van der Waals surface area contributed by atoms with Gasteiger partial charge in [-0.25, -0.2) is 0 Å². The monoisotopic (exact) mass is 362 g/mol. The second-order valence-corrected chi connectivity index (χ2v) is 9.52. The van der Waals surface area contributed by atoms with Gasteiger partial charge in [0, 0.05) is 0 Å². The van der Waals surface area contributed by atoms with Crippen molar-refractivity contribution < 1.29 is 14.2 Å². The van der Waals surface area contributed by atoms with Crippen LogP contribution in [-0.2, 0) is 6.61 Å². The predicted molar refractivity (Wildman–Crippen MR) is 92.2 cm³/mol. The summed E-state index contributed by atoms with van der Waals surface area (Å²) in [6, 6.07) is 14.3. The first-order valence-corrected chi connectivity index (χ1v) is 9.59. The first-order chi connectivity index (χ1) is 10.6. The Morgan fingerprint density at radius 2 is 1.55 bits per heavy atom. The van der Waals surface area contributed by atoms with Gasteiger partial charge in [-0.15, -0.1) is 0 Å². The van der Waals surface area contributed by atoms with Crippen LogP contribution < -0.4 is 18.6 Å². The van der Waals surface area contributed by atoms with Crippen molar-refractivity contribution in [3.8, 4) is 17.2 Å². The molecule has 22 heavy (non-hydrogen) atoms. The summed E-state index contributed by atoms with van der Waals surface area (Å²) in [7, 11) is 3.34. The topological polar surface area (TPSA) is 27.7 Å². The van der Waals surface area contributed by atoms with Crippen molar-refractivity contribution in [1.29, 1.82) is 0 Å². The molecule has 0 aliphatic heterocycles. The van der Waals surface area contributed by atoms with Crippen molar-refractivity contribution >= 4 is 20.1 Å². The maximum atomic E-state index is 5.96. The fraction of sp³-hybridized carbons (Fsp3) is 0.333. The van der Waals surface area contributed by atoms with Crippen molar-refractivity contribution in [3.05, 3.63) is 48.0 Å². The summed E-state index contributed by atoms with van der Waals surface area (Å²) in [5.41, 5.74) is 1.12. The molecule has 0 fully saturated rings. The average Bonchev–Trinajstić information content (AvgIpc) is 2.53. The number of benzene rings is 2. The van der Waals surface area contributed by atoms with Gasteiger partial charge in [-0.3, -0.25) is 0 Å². The van der Waals surface area contributed by atoms with Crippen LogP contribution in [0.1, 0.15) is 19.4 Å². The quantitative estimate of drug-likeness (QED) is 0.708. The van der Waals surface area contributed by atoms with Gasteiger partial charge >= 0.3 is 139 Å². The molecule has 118 valence electrons. The fourth-order valence-corrected chi connectivity index (χ4v) is 4.47. The van der Waals surface area contributed by atoms with Gasteiger partial charge in [0.2, 0.25) is 0 Å². The van der Waals surface area contributed by atoms with Gasteiger partial charge in [-0.2, -0.15) is 0 Å². The standard InChI is InChI=1S/C18H23AsO3/c1-13(2)19-15-10-16(20-3)18(17(11-15)21-4)22-12-14-8-6-5-7-9-14/h5-11,13,19H,12H2,1-4H3. The number of hydrogen-bond donors (Lipinski definition) is 0. The third-order valence-corrected chi connectivity index (χ3v) is 5.66. The van der Waals surface area contributed by atoms with Crippen molar-refractivity contribution in [2.45, 2.75) is 25.2 Å². The second-order valence-electron chi connectivity index (χ2n) is 5.28. The van der Waals surface area contributed by atoms with E-state index >= 15 is 0 Å². The van der Waals surface area contributed by atoms with E-state index in [1.807, 2.05) is 30.3 Å². The number of hydrogen-bond acceptors (Lipinski definition) is 3. The van der Waals surface area contributed by atoms with Crippen molar-refractivity contribution in [3.63, 3.8) is 0 Å². The van der Waals surface area contributed by atoms with E-state index < -0.39 is 0 Å². The van der Waals surface area contributed by atoms with Gasteiger partial charge in [0.05, 0.1) is 0 Å². The first-order valence-electron chi connectivity index (χ1n) is 7.33. The third-order valence-electron chi connectivity index (χ3n) is 3.14. The SMILES string of the molecule is COc1cc([AsH]C(C)C)cc(OC)c1OCc1ccccc1. The summed E-state index contributed by atoms with van der Waals surface area (Å²) in [4.78, 5) is 0. The summed E-state index contributed by atoms with van der Waals surface area (Å²) in [5, 5.41) is 0. The molecule has 2 rings (SSSR count). The molecule has 0 saturated heterocycles. The molecule has 0 aromatic heterocycles. The Labute approximate surface area is 139 Å². The second kappa shape index (κ2) is 8.14. The molecule has 0 N–H and O–H groups in total. The van der Waals surface area contributed by atoms with E-state index in [1.165, 1.54) is 4.35 Å². The Balaban J connectivity index is 2.25. The van der Waals surface area contributed by atoms with Gasteiger partial charge < -0.3 is 0 Å². The van der Waals surface area contributed by atoms with E-state index in [-0.39, 0.29) is 15.8 Å². The van der Waals surface area contributed by atoms with E-state index in [4.69, 9.17) is 14.2 Å². The summed E-state index contributed by atoms with van der Waals surface area (Å²) in [6.45, 7) is 4.99. The normalized spacial score (nSPS) is 11.1. The Morgan fingerprint density at radius 1 is 0.955 bits per heavy atom. The van der Waals surface area contributed by atoms with Crippen LogP contribution in [0.15, 0.2) is 42.5 Å². The molecular formula is C18H23AsO3. The van der Waals surface area contributed by atoms with Gasteiger partial charge in [0.1, 0.15) is 0 Å². The Hall–Kier alpha value is -1.60. The molecule has 0 aliphatic rings. The number of methoxy groups -OCH3 is 2. The van der Waals surface area contributed by atoms with E-state index in [0.29, 0.717) is 17.1 Å². The van der Waals surface area contributed by atoms with E-state index in [0.717, 1.165) is 17.1 Å². The molecule has 2 aromatic rings. The predicted octanol–water partition coefficient (Wildman–Crippen LogP) is 3.17. The van der Waals surface area contributed by atoms with Gasteiger partial charge in [0.15, 0.2) is 0 Å². The van der Waals surface area contributed by atoms with E-state index in [1.54, 1.807) is 14.2 Å². The van der Waals surface area contributed by atoms with Crippen LogP contribution in [0.5, 0.6) is 17.2 Å². The molecule has 0 bridgehead atoms. The molecule has 0 heterocycles. The zero-order chi connectivity index (χ0) is 15.9. The number of ether oxygens (including phenoxy) is 3. The molecule has 0 radical (unpaired) electrons. The molecule has 1 unspecified atom stereocenters. The van der Waals surface area contributed by atoms with Crippen molar-refractivity contribution in [1.82, 2.24) is 0 Å². The van der Waals surface area contributed by atoms with Crippen LogP contribution >= 0.6 is 0 Å². The van der Waals surface area contributed by atoms with Gasteiger partial charge in [-0.05, 0) is 0 Å². The van der Waals surface area contributed by atoms with Crippen LogP contribution in [0.2, 0.25) is 4.71 Å². The van der Waals surface area contributed by atoms with E-state index in [9.17, 15) is 0 Å². The summed E-state index contributed by atoms with van der Waals surface area (Å²) < 4.78 is 19.0. The number of rotatable bonds is 7. The molecule has 0 amide bonds. The molecule has 0 spiro atoms. The molecule has 4 heteroatoms. The summed E-state index contributed by atoms with van der Waals surface area (Å²) in [5.74, 6) is 2.16. The van der Waals surface area contributed by atoms with Crippen molar-refractivity contribution in [2.24, 2.45) is 0 Å². The summed E-state index contributed by atoms with van der Waals surface area (Å²) in [6.07, 6.45) is 0. The van der Waals surface area contributed by atoms with Crippen LogP contribution in [0.25, 0.3) is 0 Å². The fourth-order valence-electron chi connectivity index (χ4n) is 2.17. The first kappa shape index (κ1) is 16.8. The minimum absolute atomic E-state index is 0.203. The molecule has 2 aromatic carbocycles. The van der Waals surface area contributed by atoms with Crippen LogP contribution in [-0.4, -0.2) is 30.0 Å². The average molecular weight is 362 g/mol. The van der Waals surface area contributed by atoms with Crippen LogP contribution in [0.4, 0.5) is 0 Å². The molecule has 0 aliphatic carbocycles.